The molecule has 0 spiro atoms. The van der Waals surface area contributed by atoms with Gasteiger partial charge < -0.3 is 4.90 Å². The molecule has 0 bridgehead atoms. The number of nitro groups is 1. The van der Waals surface area contributed by atoms with E-state index in [1.165, 1.54) is 18.2 Å². The Balaban J connectivity index is 2.19. The topological polar surface area (TPSA) is 63.5 Å². The third-order valence-corrected chi connectivity index (χ3v) is 4.39. The number of likely N-dealkylation sites (tertiary alicyclic amines) is 1. The van der Waals surface area contributed by atoms with Crippen molar-refractivity contribution in [1.29, 1.82) is 0 Å². The number of carbonyl (C=O) groups is 1. The summed E-state index contributed by atoms with van der Waals surface area (Å²) in [6, 6.07) is 4.34. The van der Waals surface area contributed by atoms with Gasteiger partial charge in [0.05, 0.1) is 4.92 Å². The van der Waals surface area contributed by atoms with Crippen LogP contribution < -0.4 is 0 Å². The molecule has 1 fully saturated rings. The molecule has 1 aromatic rings. The summed E-state index contributed by atoms with van der Waals surface area (Å²) in [6.07, 6.45) is 0.778. The Kier molecular flexibility index (Phi) is 4.28. The maximum Gasteiger partial charge on any atom is 0.269 e. The van der Waals surface area contributed by atoms with Gasteiger partial charge in [-0.2, -0.15) is 0 Å². The molecule has 0 aliphatic carbocycles. The number of halogens is 1. The number of alkyl halides is 1. The number of rotatable bonds is 2. The maximum absolute atomic E-state index is 12.5. The van der Waals surface area contributed by atoms with Crippen LogP contribution in [0.2, 0.25) is 0 Å². The zero-order chi connectivity index (χ0) is 14.9. The zero-order valence-corrected chi connectivity index (χ0v) is 12.3. The van der Waals surface area contributed by atoms with Crippen LogP contribution in [0.4, 0.5) is 5.69 Å². The minimum atomic E-state index is -0.456. The highest BCUT2D eigenvalue weighted by Gasteiger charge is 2.28. The molecule has 0 aromatic heterocycles. The van der Waals surface area contributed by atoms with E-state index in [0.29, 0.717) is 24.2 Å². The number of piperidine rings is 1. The lowest BCUT2D eigenvalue weighted by molar-refractivity contribution is -0.384. The second kappa shape index (κ2) is 5.79. The molecule has 5 nitrogen and oxygen atoms in total. The van der Waals surface area contributed by atoms with Crippen LogP contribution >= 0.6 is 11.6 Å². The van der Waals surface area contributed by atoms with Gasteiger partial charge in [0.2, 0.25) is 0 Å². The summed E-state index contributed by atoms with van der Waals surface area (Å²) in [5.41, 5.74) is 1.16. The van der Waals surface area contributed by atoms with Crippen LogP contribution in [0.1, 0.15) is 29.3 Å². The van der Waals surface area contributed by atoms with Crippen molar-refractivity contribution in [1.82, 2.24) is 4.90 Å². The van der Waals surface area contributed by atoms with Crippen molar-refractivity contribution in [3.63, 3.8) is 0 Å². The summed E-state index contributed by atoms with van der Waals surface area (Å²) in [4.78, 5) is 24.5. The van der Waals surface area contributed by atoms with Gasteiger partial charge in [0.15, 0.2) is 0 Å². The van der Waals surface area contributed by atoms with Gasteiger partial charge in [-0.3, -0.25) is 14.9 Å². The second-order valence-electron chi connectivity index (χ2n) is 5.29. The van der Waals surface area contributed by atoms with E-state index < -0.39 is 4.92 Å². The highest BCUT2D eigenvalue weighted by molar-refractivity contribution is 6.20. The molecule has 0 radical (unpaired) electrons. The predicted molar refractivity (Wildman–Crippen MR) is 77.2 cm³/mol. The standard InChI is InChI=1S/C14H17ClN2O3/c1-9-7-11(17(19)20)3-4-12(9)14(18)16-6-5-13(15)10(2)8-16/h3-4,7,10,13H,5-6,8H2,1-2H3. The molecule has 2 rings (SSSR count). The molecule has 1 aliphatic heterocycles. The first-order valence-corrected chi connectivity index (χ1v) is 7.02. The van der Waals surface area contributed by atoms with Crippen LogP contribution in [0.25, 0.3) is 0 Å². The number of amides is 1. The van der Waals surface area contributed by atoms with E-state index >= 15 is 0 Å². The number of hydrogen-bond donors (Lipinski definition) is 0. The van der Waals surface area contributed by atoms with E-state index in [2.05, 4.69) is 0 Å². The molecule has 20 heavy (non-hydrogen) atoms. The molecular weight excluding hydrogens is 280 g/mol. The van der Waals surface area contributed by atoms with Crippen molar-refractivity contribution in [3.8, 4) is 0 Å². The summed E-state index contributed by atoms with van der Waals surface area (Å²) >= 11 is 6.16. The summed E-state index contributed by atoms with van der Waals surface area (Å²) in [7, 11) is 0. The average molecular weight is 297 g/mol. The van der Waals surface area contributed by atoms with Crippen molar-refractivity contribution < 1.29 is 9.72 Å². The van der Waals surface area contributed by atoms with Gasteiger partial charge >= 0.3 is 0 Å². The van der Waals surface area contributed by atoms with Crippen molar-refractivity contribution in [2.24, 2.45) is 5.92 Å². The number of carbonyl (C=O) groups excluding carboxylic acids is 1. The Morgan fingerprint density at radius 2 is 2.20 bits per heavy atom. The number of nitrogens with zero attached hydrogens (tertiary/aromatic N) is 2. The van der Waals surface area contributed by atoms with Gasteiger partial charge in [0, 0.05) is 36.2 Å². The predicted octanol–water partition coefficient (Wildman–Crippen LogP) is 2.99. The fourth-order valence-electron chi connectivity index (χ4n) is 2.47. The smallest absolute Gasteiger partial charge is 0.269 e. The largest absolute Gasteiger partial charge is 0.338 e. The Labute approximate surface area is 122 Å². The van der Waals surface area contributed by atoms with Gasteiger partial charge in [0.1, 0.15) is 0 Å². The van der Waals surface area contributed by atoms with Gasteiger partial charge in [-0.1, -0.05) is 6.92 Å². The number of non-ortho nitro benzene ring substituents is 1. The van der Waals surface area contributed by atoms with E-state index in [4.69, 9.17) is 11.6 Å². The lowest BCUT2D eigenvalue weighted by atomic mass is 9.98. The molecule has 1 heterocycles. The van der Waals surface area contributed by atoms with E-state index in [0.717, 1.165) is 6.42 Å². The van der Waals surface area contributed by atoms with Gasteiger partial charge in [-0.15, -0.1) is 11.6 Å². The molecule has 2 atom stereocenters. The van der Waals surface area contributed by atoms with E-state index in [1.807, 2.05) is 6.92 Å². The quantitative estimate of drug-likeness (QED) is 0.479. The highest BCUT2D eigenvalue weighted by Crippen LogP contribution is 2.25. The molecule has 0 saturated carbocycles. The third kappa shape index (κ3) is 2.93. The summed E-state index contributed by atoms with van der Waals surface area (Å²) in [5, 5.41) is 10.8. The molecule has 1 aromatic carbocycles. The Morgan fingerprint density at radius 3 is 2.75 bits per heavy atom. The fraction of sp³-hybridized carbons (Fsp3) is 0.500. The Morgan fingerprint density at radius 1 is 1.50 bits per heavy atom. The normalized spacial score (nSPS) is 22.6. The lowest BCUT2D eigenvalue weighted by Gasteiger charge is -2.34. The highest BCUT2D eigenvalue weighted by atomic mass is 35.5. The summed E-state index contributed by atoms with van der Waals surface area (Å²) in [5.74, 6) is 0.181. The molecule has 1 saturated heterocycles. The number of benzene rings is 1. The van der Waals surface area contributed by atoms with Crippen molar-refractivity contribution in [2.75, 3.05) is 13.1 Å². The van der Waals surface area contributed by atoms with Crippen LogP contribution in [-0.2, 0) is 0 Å². The van der Waals surface area contributed by atoms with E-state index in [9.17, 15) is 14.9 Å². The van der Waals surface area contributed by atoms with Crippen molar-refractivity contribution in [3.05, 3.63) is 39.4 Å². The van der Waals surface area contributed by atoms with E-state index in [1.54, 1.807) is 11.8 Å². The molecule has 6 heteroatoms. The van der Waals surface area contributed by atoms with Gasteiger partial charge in [-0.25, -0.2) is 0 Å². The molecule has 1 amide bonds. The minimum absolute atomic E-state index is 0.00637. The SMILES string of the molecule is Cc1cc([N+](=O)[O-])ccc1C(=O)N1CCC(Cl)C(C)C1. The van der Waals surface area contributed by atoms with Gasteiger partial charge in [0.25, 0.3) is 11.6 Å². The van der Waals surface area contributed by atoms with Crippen molar-refractivity contribution in [2.45, 2.75) is 25.6 Å². The lowest BCUT2D eigenvalue weighted by Crippen LogP contribution is -2.43. The molecular formula is C14H17ClN2O3. The first-order chi connectivity index (χ1) is 9.40. The Hall–Kier alpha value is -1.62. The molecule has 1 aliphatic rings. The van der Waals surface area contributed by atoms with Crippen molar-refractivity contribution >= 4 is 23.2 Å². The van der Waals surface area contributed by atoms with E-state index in [-0.39, 0.29) is 22.9 Å². The number of aryl methyl sites for hydroxylation is 1. The van der Waals surface area contributed by atoms with Gasteiger partial charge in [-0.05, 0) is 30.9 Å². The fourth-order valence-corrected chi connectivity index (χ4v) is 2.65. The summed E-state index contributed by atoms with van der Waals surface area (Å²) < 4.78 is 0. The second-order valence-corrected chi connectivity index (χ2v) is 5.85. The molecule has 2 unspecified atom stereocenters. The first kappa shape index (κ1) is 14.8. The maximum atomic E-state index is 12.5. The number of nitro benzene ring substituents is 1. The van der Waals surface area contributed by atoms with Crippen LogP contribution in [0.5, 0.6) is 0 Å². The van der Waals surface area contributed by atoms with Crippen LogP contribution in [0.15, 0.2) is 18.2 Å². The monoisotopic (exact) mass is 296 g/mol. The number of hydrogen-bond acceptors (Lipinski definition) is 3. The minimum Gasteiger partial charge on any atom is -0.338 e. The third-order valence-electron chi connectivity index (χ3n) is 3.74. The van der Waals surface area contributed by atoms with Crippen LogP contribution in [-0.4, -0.2) is 34.2 Å². The molecule has 108 valence electrons. The molecule has 0 N–H and O–H groups in total. The van der Waals surface area contributed by atoms with Crippen LogP contribution in [0.3, 0.4) is 0 Å². The first-order valence-electron chi connectivity index (χ1n) is 6.58. The zero-order valence-electron chi connectivity index (χ0n) is 11.5. The summed E-state index contributed by atoms with van der Waals surface area (Å²) in [6.45, 7) is 5.01. The van der Waals surface area contributed by atoms with Crippen LogP contribution in [0, 0.1) is 23.0 Å². The Bertz CT molecular complexity index is 547. The average Bonchev–Trinajstić information content (AvgIpc) is 2.41.